The van der Waals surface area contributed by atoms with Gasteiger partial charge in [-0.25, -0.2) is 0 Å². The van der Waals surface area contributed by atoms with Crippen LogP contribution in [0.2, 0.25) is 0 Å². The molecule has 0 heterocycles. The first-order chi connectivity index (χ1) is 34.0. The lowest BCUT2D eigenvalue weighted by atomic mass is 10.0. The van der Waals surface area contributed by atoms with Crippen LogP contribution in [-0.4, -0.2) is 68.5 Å². The van der Waals surface area contributed by atoms with Crippen LogP contribution in [0.3, 0.4) is 0 Å². The molecule has 0 saturated heterocycles. The number of quaternary nitrogens is 1. The van der Waals surface area contributed by atoms with Gasteiger partial charge in [0.15, 0.2) is 0 Å². The Bertz CT molecular complexity index is 1280. The number of allylic oxidation sites excluding steroid dienone is 7. The Morgan fingerprint density at radius 2 is 0.829 bits per heavy atom. The fraction of sp³-hybridized carbons (Fsp3) is 0.852. The number of rotatable bonds is 55. The molecule has 0 aliphatic carbocycles. The van der Waals surface area contributed by atoms with Gasteiger partial charge in [0, 0.05) is 6.42 Å². The summed E-state index contributed by atoms with van der Waals surface area (Å²) in [5.41, 5.74) is 0. The van der Waals surface area contributed by atoms with Gasteiger partial charge in [-0.1, -0.05) is 268 Å². The smallest absolute Gasteiger partial charge is 0.268 e. The number of phosphoric acid groups is 1. The highest BCUT2D eigenvalue weighted by atomic mass is 31.2. The molecular formula is C61H117N2O6P. The van der Waals surface area contributed by atoms with Gasteiger partial charge in [0.1, 0.15) is 13.2 Å². The van der Waals surface area contributed by atoms with Crippen LogP contribution in [0, 0.1) is 0 Å². The number of carbonyl (C=O) groups is 1. The van der Waals surface area contributed by atoms with Crippen molar-refractivity contribution in [1.82, 2.24) is 5.32 Å². The molecule has 0 aromatic rings. The van der Waals surface area contributed by atoms with Gasteiger partial charge in [-0.2, -0.15) is 0 Å². The molecule has 8 nitrogen and oxygen atoms in total. The zero-order chi connectivity index (χ0) is 51.3. The highest BCUT2D eigenvalue weighted by Gasteiger charge is 2.23. The zero-order valence-corrected chi connectivity index (χ0v) is 47.9. The number of amides is 1. The second kappa shape index (κ2) is 52.3. The molecule has 0 spiro atoms. The van der Waals surface area contributed by atoms with E-state index in [1.165, 1.54) is 212 Å². The average molecular weight is 1010 g/mol. The first kappa shape index (κ1) is 68.5. The third-order valence-electron chi connectivity index (χ3n) is 13.5. The van der Waals surface area contributed by atoms with E-state index in [-0.39, 0.29) is 19.1 Å². The van der Waals surface area contributed by atoms with E-state index in [1.807, 2.05) is 27.2 Å². The third-order valence-corrected chi connectivity index (χ3v) is 14.5. The Morgan fingerprint density at radius 3 is 1.20 bits per heavy atom. The van der Waals surface area contributed by atoms with Crippen molar-refractivity contribution in [3.8, 4) is 0 Å². The molecule has 0 aliphatic heterocycles. The highest BCUT2D eigenvalue weighted by Crippen LogP contribution is 2.38. The molecule has 412 valence electrons. The summed E-state index contributed by atoms with van der Waals surface area (Å²) in [7, 11) is 1.27. The summed E-state index contributed by atoms with van der Waals surface area (Å²) in [6, 6.07) is -0.888. The van der Waals surface area contributed by atoms with E-state index >= 15 is 0 Å². The number of phosphoric ester groups is 1. The van der Waals surface area contributed by atoms with E-state index < -0.39 is 20.0 Å². The quantitative estimate of drug-likeness (QED) is 0.0272. The van der Waals surface area contributed by atoms with Crippen LogP contribution in [0.5, 0.6) is 0 Å². The van der Waals surface area contributed by atoms with Crippen LogP contribution in [0.25, 0.3) is 0 Å². The molecule has 3 atom stereocenters. The van der Waals surface area contributed by atoms with Crippen molar-refractivity contribution in [3.63, 3.8) is 0 Å². The van der Waals surface area contributed by atoms with Gasteiger partial charge in [0.05, 0.1) is 39.9 Å². The number of hydrogen-bond donors (Lipinski definition) is 2. The van der Waals surface area contributed by atoms with Gasteiger partial charge in [-0.15, -0.1) is 0 Å². The summed E-state index contributed by atoms with van der Waals surface area (Å²) in [4.78, 5) is 25.5. The predicted octanol–water partition coefficient (Wildman–Crippen LogP) is 17.7. The number of hydrogen-bond acceptors (Lipinski definition) is 6. The van der Waals surface area contributed by atoms with Gasteiger partial charge >= 0.3 is 0 Å². The second-order valence-electron chi connectivity index (χ2n) is 21.7. The largest absolute Gasteiger partial charge is 0.756 e. The van der Waals surface area contributed by atoms with E-state index in [9.17, 15) is 19.4 Å². The van der Waals surface area contributed by atoms with Crippen LogP contribution < -0.4 is 10.2 Å². The molecule has 0 rings (SSSR count). The summed E-state index contributed by atoms with van der Waals surface area (Å²) in [5, 5.41) is 13.9. The lowest BCUT2D eigenvalue weighted by molar-refractivity contribution is -0.870. The van der Waals surface area contributed by atoms with E-state index in [0.29, 0.717) is 17.4 Å². The lowest BCUT2D eigenvalue weighted by Gasteiger charge is -2.29. The van der Waals surface area contributed by atoms with Crippen LogP contribution in [0.4, 0.5) is 0 Å². The Balaban J connectivity index is 4.15. The molecule has 0 fully saturated rings. The Kier molecular flexibility index (Phi) is 51.2. The molecule has 0 aliphatic rings. The predicted molar refractivity (Wildman–Crippen MR) is 302 cm³/mol. The molecule has 2 N–H and O–H groups in total. The second-order valence-corrected chi connectivity index (χ2v) is 23.1. The molecule has 0 radical (unpaired) electrons. The van der Waals surface area contributed by atoms with Crippen LogP contribution in [0.15, 0.2) is 48.6 Å². The van der Waals surface area contributed by atoms with Gasteiger partial charge in [-0.3, -0.25) is 9.36 Å². The average Bonchev–Trinajstić information content (AvgIpc) is 3.32. The highest BCUT2D eigenvalue weighted by molar-refractivity contribution is 7.45. The molecule has 9 heteroatoms. The van der Waals surface area contributed by atoms with Crippen molar-refractivity contribution in [1.29, 1.82) is 0 Å². The van der Waals surface area contributed by atoms with Gasteiger partial charge < -0.3 is 28.8 Å². The lowest BCUT2D eigenvalue weighted by Crippen LogP contribution is -2.45. The standard InChI is InChI=1S/C61H117N2O6P/c1-6-8-10-12-14-16-18-20-22-24-26-27-28-29-30-31-32-33-34-35-37-39-41-43-45-47-49-51-53-55-61(65)62-59(58-69-70(66,67)68-57-56-63(3,4)5)60(64)54-52-50-48-46-44-42-40-38-36-25-23-21-19-17-15-13-11-9-7-2/h18,20,24,26,28-29,52,54,59-60,64H,6-17,19,21-23,25,27,30-51,53,55-58H2,1-5H3,(H-,62,65,66,67)/b20-18-,26-24-,29-28-,54-52+. The molecule has 70 heavy (non-hydrogen) atoms. The maximum absolute atomic E-state index is 13.0. The van der Waals surface area contributed by atoms with Crippen molar-refractivity contribution < 1.29 is 32.9 Å². The maximum Gasteiger partial charge on any atom is 0.268 e. The van der Waals surface area contributed by atoms with E-state index in [1.54, 1.807) is 6.08 Å². The number of carbonyl (C=O) groups excluding carboxylic acids is 1. The van der Waals surface area contributed by atoms with E-state index in [0.717, 1.165) is 51.4 Å². The van der Waals surface area contributed by atoms with Crippen molar-refractivity contribution in [3.05, 3.63) is 48.6 Å². The minimum Gasteiger partial charge on any atom is -0.756 e. The van der Waals surface area contributed by atoms with Crippen molar-refractivity contribution in [2.45, 2.75) is 296 Å². The number of aliphatic hydroxyl groups is 1. The SMILES string of the molecule is CCCCCCC/C=C\C/C=C\C/C=C\CCCCCCCCCCCCCCCCC(=O)NC(COP(=O)([O-])OCC[N+](C)(C)C)C(O)/C=C/CCCCCCCCCCCCCCCCCCC. The molecule has 0 aromatic heterocycles. The van der Waals surface area contributed by atoms with Crippen LogP contribution >= 0.6 is 7.82 Å². The Labute approximate surface area is 435 Å². The van der Waals surface area contributed by atoms with Gasteiger partial charge in [-0.05, 0) is 57.8 Å². The first-order valence-corrected chi connectivity index (χ1v) is 31.5. The molecule has 0 aromatic carbocycles. The van der Waals surface area contributed by atoms with E-state index in [2.05, 4.69) is 55.6 Å². The van der Waals surface area contributed by atoms with Crippen molar-refractivity contribution in [2.75, 3.05) is 40.9 Å². The zero-order valence-electron chi connectivity index (χ0n) is 47.0. The Hall–Kier alpha value is -1.54. The van der Waals surface area contributed by atoms with Gasteiger partial charge in [0.2, 0.25) is 5.91 Å². The minimum absolute atomic E-state index is 0.00102. The summed E-state index contributed by atoms with van der Waals surface area (Å²) in [6.07, 6.45) is 69.0. The summed E-state index contributed by atoms with van der Waals surface area (Å²) < 4.78 is 23.4. The third kappa shape index (κ3) is 54.2. The summed E-state index contributed by atoms with van der Waals surface area (Å²) in [6.45, 7) is 4.67. The van der Waals surface area contributed by atoms with Crippen molar-refractivity contribution >= 4 is 13.7 Å². The van der Waals surface area contributed by atoms with Gasteiger partial charge in [0.25, 0.3) is 7.82 Å². The number of nitrogens with zero attached hydrogens (tertiary/aromatic N) is 1. The normalized spacial score (nSPS) is 14.2. The number of likely N-dealkylation sites (N-methyl/N-ethyl adjacent to an activating group) is 1. The summed E-state index contributed by atoms with van der Waals surface area (Å²) >= 11 is 0. The number of aliphatic hydroxyl groups excluding tert-OH is 1. The fourth-order valence-corrected chi connectivity index (χ4v) is 9.53. The first-order valence-electron chi connectivity index (χ1n) is 30.0. The Morgan fingerprint density at radius 1 is 0.500 bits per heavy atom. The molecular weight excluding hydrogens is 888 g/mol. The monoisotopic (exact) mass is 1000 g/mol. The summed E-state index contributed by atoms with van der Waals surface area (Å²) in [5.74, 6) is -0.196. The molecule has 1 amide bonds. The number of nitrogens with one attached hydrogen (secondary N) is 1. The molecule has 0 saturated carbocycles. The molecule has 0 bridgehead atoms. The maximum atomic E-state index is 13.0. The molecule has 3 unspecified atom stereocenters. The van der Waals surface area contributed by atoms with Crippen LogP contribution in [-0.2, 0) is 18.4 Å². The minimum atomic E-state index is -4.60. The van der Waals surface area contributed by atoms with Crippen molar-refractivity contribution in [2.24, 2.45) is 0 Å². The van der Waals surface area contributed by atoms with Crippen LogP contribution in [0.1, 0.15) is 284 Å². The van der Waals surface area contributed by atoms with E-state index in [4.69, 9.17) is 9.05 Å². The topological polar surface area (TPSA) is 108 Å². The number of unbranched alkanes of at least 4 members (excludes halogenated alkanes) is 36. The fourth-order valence-electron chi connectivity index (χ4n) is 8.81.